The summed E-state index contributed by atoms with van der Waals surface area (Å²) in [6.07, 6.45) is 0.953. The van der Waals surface area contributed by atoms with Crippen LogP contribution in [0.15, 0.2) is 23.2 Å². The lowest BCUT2D eigenvalue weighted by atomic mass is 10.1. The second kappa shape index (κ2) is 9.75. The molecule has 0 bridgehead atoms. The summed E-state index contributed by atoms with van der Waals surface area (Å²) in [5.41, 5.74) is 2.08. The molecule has 0 aliphatic carbocycles. The Morgan fingerprint density at radius 3 is 2.88 bits per heavy atom. The molecule has 2 rings (SSSR count). The van der Waals surface area contributed by atoms with Crippen molar-refractivity contribution < 1.29 is 17.9 Å². The molecule has 1 saturated heterocycles. The molecule has 0 spiro atoms. The zero-order valence-corrected chi connectivity index (χ0v) is 16.1. The third kappa shape index (κ3) is 7.19. The minimum atomic E-state index is -3.50. The van der Waals surface area contributed by atoms with Crippen LogP contribution in [0, 0.1) is 6.92 Å². The second-order valence-electron chi connectivity index (χ2n) is 6.20. The third-order valence-corrected chi connectivity index (χ3v) is 4.61. The Hall–Kier alpha value is -1.84. The maximum Gasteiger partial charge on any atom is 0.210 e. The van der Waals surface area contributed by atoms with Crippen molar-refractivity contribution in [3.8, 4) is 5.75 Å². The Kier molecular flexibility index (Phi) is 7.67. The summed E-state index contributed by atoms with van der Waals surface area (Å²) < 4.78 is 33.5. The molecule has 1 heterocycles. The average Bonchev–Trinajstić information content (AvgIpc) is 3.06. The van der Waals surface area contributed by atoms with Crippen molar-refractivity contribution in [3.05, 3.63) is 29.3 Å². The van der Waals surface area contributed by atoms with Gasteiger partial charge in [0.15, 0.2) is 5.96 Å². The highest BCUT2D eigenvalue weighted by Crippen LogP contribution is 2.24. The number of sulfonamides is 1. The van der Waals surface area contributed by atoms with E-state index in [4.69, 9.17) is 14.6 Å². The Labute approximate surface area is 155 Å². The fourth-order valence-corrected chi connectivity index (χ4v) is 2.89. The van der Waals surface area contributed by atoms with E-state index in [2.05, 4.69) is 15.6 Å². The monoisotopic (exact) mass is 384 g/mol. The van der Waals surface area contributed by atoms with Crippen molar-refractivity contribution in [3.63, 3.8) is 0 Å². The zero-order valence-electron chi connectivity index (χ0n) is 15.3. The van der Waals surface area contributed by atoms with E-state index in [-0.39, 0.29) is 18.4 Å². The summed E-state index contributed by atoms with van der Waals surface area (Å²) in [4.78, 5) is 4.52. The first kappa shape index (κ1) is 20.5. The number of nitrogens with two attached hydrogens (primary N) is 1. The Morgan fingerprint density at radius 2 is 2.23 bits per heavy atom. The molecule has 1 atom stereocenters. The fraction of sp³-hybridized carbons (Fsp3) is 0.588. The number of nitrogens with zero attached hydrogens (tertiary/aromatic N) is 1. The minimum Gasteiger partial charge on any atom is -0.488 e. The van der Waals surface area contributed by atoms with Gasteiger partial charge in [-0.15, -0.1) is 0 Å². The highest BCUT2D eigenvalue weighted by Gasteiger charge is 2.18. The van der Waals surface area contributed by atoms with E-state index in [1.54, 1.807) is 0 Å². The van der Waals surface area contributed by atoms with Crippen molar-refractivity contribution in [1.29, 1.82) is 0 Å². The van der Waals surface area contributed by atoms with Crippen LogP contribution < -0.4 is 20.5 Å². The molecule has 9 heteroatoms. The topological polar surface area (TPSA) is 115 Å². The maximum absolute atomic E-state index is 11.0. The molecular formula is C17H28N4O4S. The number of guanidine groups is 1. The van der Waals surface area contributed by atoms with Crippen molar-refractivity contribution in [2.45, 2.75) is 32.9 Å². The molecule has 4 N–H and O–H groups in total. The highest BCUT2D eigenvalue weighted by molar-refractivity contribution is 7.89. The molecule has 1 fully saturated rings. The van der Waals surface area contributed by atoms with Crippen molar-refractivity contribution >= 4 is 16.0 Å². The van der Waals surface area contributed by atoms with Crippen LogP contribution in [0.4, 0.5) is 0 Å². The third-order valence-electron chi connectivity index (χ3n) is 3.83. The first-order valence-electron chi connectivity index (χ1n) is 8.74. The molecule has 8 nitrogen and oxygen atoms in total. The van der Waals surface area contributed by atoms with Crippen LogP contribution in [0.2, 0.25) is 0 Å². The molecule has 1 unspecified atom stereocenters. The number of rotatable bonds is 8. The lowest BCUT2D eigenvalue weighted by Gasteiger charge is -2.16. The van der Waals surface area contributed by atoms with Gasteiger partial charge in [0.2, 0.25) is 10.0 Å². The molecule has 0 amide bonds. The van der Waals surface area contributed by atoms with Gasteiger partial charge in [0.05, 0.1) is 25.5 Å². The first-order chi connectivity index (χ1) is 12.4. The number of ether oxygens (including phenoxy) is 2. The molecule has 26 heavy (non-hydrogen) atoms. The van der Waals surface area contributed by atoms with Crippen molar-refractivity contribution in [2.24, 2.45) is 10.1 Å². The molecular weight excluding hydrogens is 356 g/mol. The number of aliphatic imine (C=N–C) groups is 1. The van der Waals surface area contributed by atoms with Crippen LogP contribution >= 0.6 is 0 Å². The number of aryl methyl sites for hydroxylation is 1. The molecule has 146 valence electrons. The van der Waals surface area contributed by atoms with Gasteiger partial charge in [0.25, 0.3) is 0 Å². The van der Waals surface area contributed by atoms with Crippen molar-refractivity contribution in [2.75, 3.05) is 32.1 Å². The van der Waals surface area contributed by atoms with E-state index in [1.165, 1.54) is 0 Å². The number of nitrogens with one attached hydrogen (secondary N) is 2. The summed E-state index contributed by atoms with van der Waals surface area (Å²) >= 11 is 0. The van der Waals surface area contributed by atoms with E-state index in [1.807, 2.05) is 32.0 Å². The Balaban J connectivity index is 2.04. The molecule has 1 aromatic carbocycles. The van der Waals surface area contributed by atoms with Crippen LogP contribution in [0.1, 0.15) is 24.5 Å². The maximum atomic E-state index is 11.0. The van der Waals surface area contributed by atoms with Gasteiger partial charge in [-0.3, -0.25) is 0 Å². The fourth-order valence-electron chi connectivity index (χ4n) is 2.51. The normalized spacial score (nSPS) is 18.0. The van der Waals surface area contributed by atoms with Gasteiger partial charge in [-0.1, -0.05) is 12.1 Å². The van der Waals surface area contributed by atoms with Crippen LogP contribution in [0.5, 0.6) is 5.75 Å². The molecule has 0 aromatic heterocycles. The molecule has 0 radical (unpaired) electrons. The number of hydrogen-bond donors (Lipinski definition) is 3. The zero-order chi connectivity index (χ0) is 19.0. The SMILES string of the molecule is CCNC(=NCc1ccc(C)cc1OC1CCOC1)NCCS(N)(=O)=O. The Morgan fingerprint density at radius 1 is 1.42 bits per heavy atom. The van der Waals surface area contributed by atoms with Gasteiger partial charge in [-0.05, 0) is 25.5 Å². The van der Waals surface area contributed by atoms with E-state index in [0.717, 1.165) is 29.9 Å². The van der Waals surface area contributed by atoms with E-state index < -0.39 is 10.0 Å². The van der Waals surface area contributed by atoms with E-state index >= 15 is 0 Å². The molecule has 0 saturated carbocycles. The van der Waals surface area contributed by atoms with Crippen LogP contribution in [0.3, 0.4) is 0 Å². The number of primary sulfonamides is 1. The molecule has 1 aromatic rings. The van der Waals surface area contributed by atoms with Crippen LogP contribution in [-0.4, -0.2) is 52.5 Å². The predicted molar refractivity (Wildman–Crippen MR) is 102 cm³/mol. The van der Waals surface area contributed by atoms with Gasteiger partial charge in [-0.2, -0.15) is 0 Å². The first-order valence-corrected chi connectivity index (χ1v) is 10.5. The summed E-state index contributed by atoms with van der Waals surface area (Å²) in [7, 11) is -3.50. The average molecular weight is 385 g/mol. The number of hydrogen-bond acceptors (Lipinski definition) is 5. The lowest BCUT2D eigenvalue weighted by molar-refractivity contribution is 0.140. The summed E-state index contributed by atoms with van der Waals surface area (Å²) in [6, 6.07) is 6.02. The lowest BCUT2D eigenvalue weighted by Crippen LogP contribution is -2.40. The Bertz CT molecular complexity index is 715. The largest absolute Gasteiger partial charge is 0.488 e. The second-order valence-corrected chi connectivity index (χ2v) is 7.94. The minimum absolute atomic E-state index is 0.0700. The molecule has 1 aliphatic rings. The van der Waals surface area contributed by atoms with E-state index in [9.17, 15) is 8.42 Å². The molecule has 1 aliphatic heterocycles. The van der Waals surface area contributed by atoms with Gasteiger partial charge in [0, 0.05) is 25.1 Å². The van der Waals surface area contributed by atoms with Gasteiger partial charge < -0.3 is 20.1 Å². The van der Waals surface area contributed by atoms with Gasteiger partial charge >= 0.3 is 0 Å². The predicted octanol–water partition coefficient (Wildman–Crippen LogP) is 0.506. The summed E-state index contributed by atoms with van der Waals surface area (Å²) in [6.45, 7) is 6.56. The van der Waals surface area contributed by atoms with Crippen LogP contribution in [-0.2, 0) is 21.3 Å². The summed E-state index contributed by atoms with van der Waals surface area (Å²) in [5, 5.41) is 11.1. The van der Waals surface area contributed by atoms with E-state index in [0.29, 0.717) is 25.7 Å². The standard InChI is InChI=1S/C17H28N4O4S/c1-3-19-17(20-7-9-26(18,22)23)21-11-14-5-4-13(2)10-16(14)25-15-6-8-24-12-15/h4-5,10,15H,3,6-9,11-12H2,1-2H3,(H2,18,22,23)(H2,19,20,21). The number of benzene rings is 1. The summed E-state index contributed by atoms with van der Waals surface area (Å²) in [5.74, 6) is 1.19. The quantitative estimate of drug-likeness (QED) is 0.444. The van der Waals surface area contributed by atoms with Gasteiger partial charge in [-0.25, -0.2) is 18.5 Å². The highest BCUT2D eigenvalue weighted by atomic mass is 32.2. The van der Waals surface area contributed by atoms with Crippen molar-refractivity contribution in [1.82, 2.24) is 10.6 Å². The van der Waals surface area contributed by atoms with Crippen LogP contribution in [0.25, 0.3) is 0 Å². The smallest absolute Gasteiger partial charge is 0.210 e. The van der Waals surface area contributed by atoms with Gasteiger partial charge in [0.1, 0.15) is 11.9 Å².